The normalized spacial score (nSPS) is 10.5. The van der Waals surface area contributed by atoms with Crippen LogP contribution in [-0.2, 0) is 14.7 Å². The molecule has 3 aromatic rings. The number of carbonyl (C=O) groups is 2. The van der Waals surface area contributed by atoms with Crippen molar-refractivity contribution in [1.82, 2.24) is 9.97 Å². The Morgan fingerprint density at radius 2 is 1.78 bits per heavy atom. The zero-order valence-electron chi connectivity index (χ0n) is 16.7. The summed E-state index contributed by atoms with van der Waals surface area (Å²) in [7, 11) is -3.67. The molecule has 0 aliphatic rings. The molecule has 2 aromatic carbocycles. The zero-order valence-corrected chi connectivity index (χ0v) is 18.3. The van der Waals surface area contributed by atoms with Crippen molar-refractivity contribution in [1.29, 1.82) is 0 Å². The van der Waals surface area contributed by atoms with Crippen LogP contribution in [0, 0.1) is 6.92 Å². The van der Waals surface area contributed by atoms with Crippen LogP contribution in [0.1, 0.15) is 26.3 Å². The molecule has 3 rings (SSSR count). The highest BCUT2D eigenvalue weighted by atomic mass is 35.5. The van der Waals surface area contributed by atoms with Gasteiger partial charge in [-0.3, -0.25) is 4.89 Å². The van der Waals surface area contributed by atoms with Crippen molar-refractivity contribution in [3.05, 3.63) is 76.4 Å². The van der Waals surface area contributed by atoms with Crippen LogP contribution in [0.3, 0.4) is 0 Å². The number of carboxylic acid groups (broad SMARTS) is 1. The van der Waals surface area contributed by atoms with Gasteiger partial charge in [0.25, 0.3) is 0 Å². The van der Waals surface area contributed by atoms with E-state index >= 15 is 0 Å². The molecule has 10 nitrogen and oxygen atoms in total. The standard InChI is InChI=1S/C13H12N2O5S.C7H5ClO3/c1-8-5-3-4-6-10(8)20-11-9(12(16)17)7-14-13(15-11)21(2,18)19;8-6-3-1-2-5(4-6)7(9)11-10/h3-7H,1-2H3,(H,16,17);1-4,10H. The maximum absolute atomic E-state index is 11.5. The average Bonchev–Trinajstić information content (AvgIpc) is 2.74. The van der Waals surface area contributed by atoms with Crippen molar-refractivity contribution in [3.8, 4) is 11.6 Å². The van der Waals surface area contributed by atoms with Gasteiger partial charge in [0, 0.05) is 11.3 Å². The number of benzene rings is 2. The number of rotatable bonds is 5. The van der Waals surface area contributed by atoms with E-state index in [2.05, 4.69) is 14.9 Å². The maximum Gasteiger partial charge on any atom is 0.372 e. The number of hydrogen-bond donors (Lipinski definition) is 2. The van der Waals surface area contributed by atoms with Gasteiger partial charge in [-0.25, -0.2) is 23.0 Å². The van der Waals surface area contributed by atoms with Gasteiger partial charge < -0.3 is 9.84 Å². The van der Waals surface area contributed by atoms with Crippen molar-refractivity contribution in [2.45, 2.75) is 12.1 Å². The highest BCUT2D eigenvalue weighted by Gasteiger charge is 2.20. The zero-order chi connectivity index (χ0) is 23.9. The molecule has 0 saturated heterocycles. The monoisotopic (exact) mass is 480 g/mol. The predicted molar refractivity (Wildman–Crippen MR) is 113 cm³/mol. The van der Waals surface area contributed by atoms with E-state index in [9.17, 15) is 18.0 Å². The number of hydrogen-bond acceptors (Lipinski definition) is 9. The number of aryl methyl sites for hydroxylation is 1. The van der Waals surface area contributed by atoms with E-state index in [0.717, 1.165) is 18.0 Å². The number of para-hydroxylation sites is 1. The van der Waals surface area contributed by atoms with Gasteiger partial charge in [0.05, 0.1) is 11.8 Å². The van der Waals surface area contributed by atoms with Gasteiger partial charge in [0.15, 0.2) is 0 Å². The Morgan fingerprint density at radius 3 is 2.34 bits per heavy atom. The first-order valence-electron chi connectivity index (χ1n) is 8.68. The molecule has 0 radical (unpaired) electrons. The smallest absolute Gasteiger partial charge is 0.372 e. The van der Waals surface area contributed by atoms with Crippen LogP contribution in [0.2, 0.25) is 5.02 Å². The molecule has 0 bridgehead atoms. The van der Waals surface area contributed by atoms with E-state index in [0.29, 0.717) is 10.8 Å². The Morgan fingerprint density at radius 1 is 1.09 bits per heavy atom. The molecule has 0 fully saturated rings. The first kappa shape index (κ1) is 24.7. The van der Waals surface area contributed by atoms with Gasteiger partial charge in [-0.1, -0.05) is 35.9 Å². The highest BCUT2D eigenvalue weighted by molar-refractivity contribution is 7.90. The topological polar surface area (TPSA) is 153 Å². The van der Waals surface area contributed by atoms with E-state index in [1.165, 1.54) is 12.1 Å². The van der Waals surface area contributed by atoms with Crippen LogP contribution in [0.15, 0.2) is 59.9 Å². The first-order valence-corrected chi connectivity index (χ1v) is 10.9. The second-order valence-electron chi connectivity index (χ2n) is 6.21. The molecule has 1 heterocycles. The Balaban J connectivity index is 0.000000278. The first-order chi connectivity index (χ1) is 15.0. The molecule has 0 spiro atoms. The summed E-state index contributed by atoms with van der Waals surface area (Å²) in [6.45, 7) is 1.77. The predicted octanol–water partition coefficient (Wildman–Crippen LogP) is 3.65. The average molecular weight is 481 g/mol. The number of nitrogens with zero attached hydrogens (tertiary/aromatic N) is 2. The fourth-order valence-electron chi connectivity index (χ4n) is 2.20. The van der Waals surface area contributed by atoms with Crippen LogP contribution < -0.4 is 4.74 Å². The minimum Gasteiger partial charge on any atom is -0.477 e. The lowest BCUT2D eigenvalue weighted by Crippen LogP contribution is -2.09. The molecule has 32 heavy (non-hydrogen) atoms. The van der Waals surface area contributed by atoms with E-state index in [-0.39, 0.29) is 17.0 Å². The third-order valence-corrected chi connectivity index (χ3v) is 4.83. The minimum atomic E-state index is -3.67. The summed E-state index contributed by atoms with van der Waals surface area (Å²) in [5.41, 5.74) is 0.666. The fraction of sp³-hybridized carbons (Fsp3) is 0.100. The van der Waals surface area contributed by atoms with Gasteiger partial charge in [0.2, 0.25) is 20.9 Å². The van der Waals surface area contributed by atoms with E-state index in [4.69, 9.17) is 26.7 Å². The Kier molecular flexibility index (Phi) is 8.24. The molecule has 12 heteroatoms. The minimum absolute atomic E-state index is 0.222. The molecular formula is C20H17ClN2O8S. The summed E-state index contributed by atoms with van der Waals surface area (Å²) < 4.78 is 28.4. The van der Waals surface area contributed by atoms with Crippen molar-refractivity contribution in [3.63, 3.8) is 0 Å². The lowest BCUT2D eigenvalue weighted by Gasteiger charge is -2.10. The van der Waals surface area contributed by atoms with Gasteiger partial charge in [-0.15, -0.1) is 0 Å². The molecule has 0 aliphatic heterocycles. The summed E-state index contributed by atoms with van der Waals surface area (Å²) in [6.07, 6.45) is 1.85. The summed E-state index contributed by atoms with van der Waals surface area (Å²) >= 11 is 5.56. The number of ether oxygens (including phenoxy) is 1. The van der Waals surface area contributed by atoms with Crippen LogP contribution >= 0.6 is 11.6 Å². The molecule has 0 unspecified atom stereocenters. The van der Waals surface area contributed by atoms with Crippen molar-refractivity contribution in [2.75, 3.05) is 6.26 Å². The Bertz CT molecular complexity index is 1250. The van der Waals surface area contributed by atoms with Gasteiger partial charge in [-0.05, 0) is 36.8 Å². The van der Waals surface area contributed by atoms with Gasteiger partial charge in [-0.2, -0.15) is 10.2 Å². The number of sulfone groups is 1. The van der Waals surface area contributed by atoms with Crippen molar-refractivity contribution in [2.24, 2.45) is 0 Å². The highest BCUT2D eigenvalue weighted by Crippen LogP contribution is 2.26. The van der Waals surface area contributed by atoms with E-state index in [1.54, 1.807) is 43.3 Å². The third kappa shape index (κ3) is 6.74. The van der Waals surface area contributed by atoms with Gasteiger partial charge in [0.1, 0.15) is 11.3 Å². The van der Waals surface area contributed by atoms with Crippen LogP contribution in [0.25, 0.3) is 0 Å². The molecule has 2 N–H and O–H groups in total. The van der Waals surface area contributed by atoms with E-state index < -0.39 is 26.9 Å². The van der Waals surface area contributed by atoms with Crippen molar-refractivity contribution >= 4 is 33.4 Å². The van der Waals surface area contributed by atoms with Crippen LogP contribution in [0.4, 0.5) is 0 Å². The fourth-order valence-corrected chi connectivity index (χ4v) is 2.88. The Labute approximate surface area is 187 Å². The molecular weight excluding hydrogens is 464 g/mol. The number of halogens is 1. The van der Waals surface area contributed by atoms with Gasteiger partial charge >= 0.3 is 11.9 Å². The summed E-state index contributed by atoms with van der Waals surface area (Å²) in [4.78, 5) is 32.5. The summed E-state index contributed by atoms with van der Waals surface area (Å²) in [6, 6.07) is 13.0. The molecule has 1 aromatic heterocycles. The summed E-state index contributed by atoms with van der Waals surface area (Å²) in [5, 5.41) is 17.0. The molecule has 0 amide bonds. The molecule has 0 aliphatic carbocycles. The second kappa shape index (κ2) is 10.7. The lowest BCUT2D eigenvalue weighted by molar-refractivity contribution is -0.182. The second-order valence-corrected chi connectivity index (χ2v) is 8.55. The number of carbonyl (C=O) groups excluding carboxylic acids is 1. The number of carboxylic acids is 1. The Hall–Kier alpha value is -3.54. The lowest BCUT2D eigenvalue weighted by atomic mass is 10.2. The maximum atomic E-state index is 11.5. The largest absolute Gasteiger partial charge is 0.477 e. The molecule has 168 valence electrons. The van der Waals surface area contributed by atoms with Crippen LogP contribution in [0.5, 0.6) is 11.6 Å². The number of aromatic nitrogens is 2. The molecule has 0 atom stereocenters. The third-order valence-electron chi connectivity index (χ3n) is 3.74. The quantitative estimate of drug-likeness (QED) is 0.314. The molecule has 0 saturated carbocycles. The van der Waals surface area contributed by atoms with E-state index in [1.807, 2.05) is 0 Å². The van der Waals surface area contributed by atoms with Crippen molar-refractivity contribution < 1.29 is 38.0 Å². The SMILES string of the molecule is Cc1ccccc1Oc1nc(S(C)(=O)=O)ncc1C(=O)O.O=C(OO)c1cccc(Cl)c1. The van der Waals surface area contributed by atoms with Crippen LogP contribution in [-0.4, -0.2) is 46.9 Å². The summed E-state index contributed by atoms with van der Waals surface area (Å²) in [5.74, 6) is -2.04. The number of aromatic carboxylic acids is 1.